The summed E-state index contributed by atoms with van der Waals surface area (Å²) in [7, 11) is -0.956. The van der Waals surface area contributed by atoms with Crippen molar-refractivity contribution < 1.29 is 13.7 Å². The van der Waals surface area contributed by atoms with Gasteiger partial charge in [-0.15, -0.1) is 0 Å². The van der Waals surface area contributed by atoms with Crippen LogP contribution in [-0.2, 0) is 9.31 Å². The normalized spacial score (nSPS) is 27.2. The lowest BCUT2D eigenvalue weighted by atomic mass is 9.79. The fourth-order valence-electron chi connectivity index (χ4n) is 2.88. The minimum absolute atomic E-state index is 0.161. The Morgan fingerprint density at radius 2 is 1.96 bits per heavy atom. The van der Waals surface area contributed by atoms with Crippen LogP contribution < -0.4 is 0 Å². The van der Waals surface area contributed by atoms with Crippen LogP contribution in [0.25, 0.3) is 5.57 Å². The summed E-state index contributed by atoms with van der Waals surface area (Å²) in [5, 5.41) is 0. The minimum atomic E-state index is -0.956. The maximum Gasteiger partial charge on any atom is 0.525 e. The first-order chi connectivity index (χ1) is 10.8. The molecule has 1 unspecified atom stereocenters. The summed E-state index contributed by atoms with van der Waals surface area (Å²) in [4.78, 5) is 4.37. The predicted octanol–water partition coefficient (Wildman–Crippen LogP) is 4.15. The number of pyridine rings is 1. The van der Waals surface area contributed by atoms with Gasteiger partial charge >= 0.3 is 7.12 Å². The van der Waals surface area contributed by atoms with Crippen molar-refractivity contribution in [3.63, 3.8) is 0 Å². The van der Waals surface area contributed by atoms with E-state index in [0.29, 0.717) is 11.3 Å². The van der Waals surface area contributed by atoms with Crippen LogP contribution in [0.1, 0.15) is 39.8 Å². The minimum Gasteiger partial charge on any atom is -0.398 e. The molecule has 0 aromatic carbocycles. The first-order valence-corrected chi connectivity index (χ1v) is 9.22. The molecule has 2 aliphatic rings. The third kappa shape index (κ3) is 3.21. The molecule has 1 aromatic rings. The molecule has 2 saturated heterocycles. The highest BCUT2D eigenvalue weighted by Gasteiger charge is 2.54. The van der Waals surface area contributed by atoms with Crippen LogP contribution in [0.2, 0.25) is 0 Å². The number of hydrogen-bond acceptors (Lipinski definition) is 4. The largest absolute Gasteiger partial charge is 0.525 e. The van der Waals surface area contributed by atoms with E-state index in [9.17, 15) is 0 Å². The molecule has 0 amide bonds. The lowest BCUT2D eigenvalue weighted by Gasteiger charge is -2.32. The Morgan fingerprint density at radius 1 is 1.26 bits per heavy atom. The van der Waals surface area contributed by atoms with Crippen LogP contribution in [0.3, 0.4) is 0 Å². The van der Waals surface area contributed by atoms with Gasteiger partial charge < -0.3 is 9.31 Å². The van der Waals surface area contributed by atoms with E-state index in [2.05, 4.69) is 4.98 Å². The van der Waals surface area contributed by atoms with Gasteiger partial charge in [-0.1, -0.05) is 6.07 Å². The van der Waals surface area contributed by atoms with E-state index in [-0.39, 0.29) is 11.6 Å². The van der Waals surface area contributed by atoms with E-state index in [1.165, 1.54) is 0 Å². The van der Waals surface area contributed by atoms with Gasteiger partial charge in [0.2, 0.25) is 0 Å². The van der Waals surface area contributed by atoms with Gasteiger partial charge in [0.25, 0.3) is 0 Å². The Labute approximate surface area is 142 Å². The van der Waals surface area contributed by atoms with Gasteiger partial charge in [0.05, 0.1) is 16.9 Å². The first kappa shape index (κ1) is 17.0. The second kappa shape index (κ2) is 6.23. The molecule has 1 atom stereocenters. The third-order valence-corrected chi connectivity index (χ3v) is 6.16. The van der Waals surface area contributed by atoms with Gasteiger partial charge in [-0.05, 0) is 57.9 Å². The van der Waals surface area contributed by atoms with Gasteiger partial charge in [0.1, 0.15) is 5.73 Å². The summed E-state index contributed by atoms with van der Waals surface area (Å²) < 4.78 is 27.2. The van der Waals surface area contributed by atoms with Crippen molar-refractivity contribution in [3.05, 3.63) is 35.8 Å². The Bertz CT molecular complexity index is 584. The van der Waals surface area contributed by atoms with Crippen molar-refractivity contribution in [2.24, 2.45) is 5.92 Å². The van der Waals surface area contributed by atoms with Crippen molar-refractivity contribution in [2.45, 2.75) is 45.3 Å². The predicted molar refractivity (Wildman–Crippen MR) is 93.8 cm³/mol. The molecule has 0 spiro atoms. The molecule has 0 saturated carbocycles. The standard InChI is InChI=1S/C17H23BFNO2S/c1-16(2)17(3,4)22-18(21-16)15(19)14(12-8-10-23-11-12)13-7-5-6-9-20-13/h5-7,9,12H,8,10-11H2,1-4H3. The Balaban J connectivity index is 1.99. The number of allylic oxidation sites excluding steroid dienone is 1. The molecule has 3 nitrogen and oxygen atoms in total. The average Bonchev–Trinajstić information content (AvgIpc) is 3.07. The van der Waals surface area contributed by atoms with Crippen LogP contribution in [0, 0.1) is 5.92 Å². The lowest BCUT2D eigenvalue weighted by Crippen LogP contribution is -2.41. The molecule has 3 rings (SSSR count). The summed E-state index contributed by atoms with van der Waals surface area (Å²) in [6.07, 6.45) is 2.67. The Morgan fingerprint density at radius 3 is 2.48 bits per heavy atom. The molecule has 0 radical (unpaired) electrons. The number of halogens is 1. The summed E-state index contributed by atoms with van der Waals surface area (Å²) in [5.74, 6) is 2.13. The Hall–Kier alpha value is -0.845. The summed E-state index contributed by atoms with van der Waals surface area (Å²) in [6, 6.07) is 5.60. The summed E-state index contributed by atoms with van der Waals surface area (Å²) in [5.41, 5.74) is -0.0836. The van der Waals surface area contributed by atoms with Crippen LogP contribution in [0.4, 0.5) is 4.39 Å². The first-order valence-electron chi connectivity index (χ1n) is 8.06. The molecule has 2 fully saturated rings. The zero-order valence-corrected chi connectivity index (χ0v) is 15.0. The maximum absolute atomic E-state index is 15.4. The van der Waals surface area contributed by atoms with Gasteiger partial charge in [0, 0.05) is 17.5 Å². The number of hydrogen-bond donors (Lipinski definition) is 0. The molecule has 6 heteroatoms. The quantitative estimate of drug-likeness (QED) is 0.777. The molecule has 3 heterocycles. The van der Waals surface area contributed by atoms with E-state index >= 15 is 4.39 Å². The van der Waals surface area contributed by atoms with Gasteiger partial charge in [-0.3, -0.25) is 4.98 Å². The molecular formula is C17H23BFNO2S. The van der Waals surface area contributed by atoms with Gasteiger partial charge in [-0.2, -0.15) is 11.8 Å². The highest BCUT2D eigenvalue weighted by atomic mass is 32.2. The second-order valence-electron chi connectivity index (χ2n) is 7.13. The van der Waals surface area contributed by atoms with Crippen molar-refractivity contribution in [1.29, 1.82) is 0 Å². The number of rotatable bonds is 3. The molecule has 0 aliphatic carbocycles. The van der Waals surface area contributed by atoms with Crippen LogP contribution in [-0.4, -0.2) is 34.8 Å². The SMILES string of the molecule is CC1(C)OB(C(F)=C(c2ccccn2)C2CCSC2)OC1(C)C. The van der Waals surface area contributed by atoms with E-state index in [4.69, 9.17) is 9.31 Å². The third-order valence-electron chi connectivity index (χ3n) is 5.00. The molecular weight excluding hydrogens is 312 g/mol. The van der Waals surface area contributed by atoms with Gasteiger partial charge in [-0.25, -0.2) is 4.39 Å². The smallest absolute Gasteiger partial charge is 0.398 e. The molecule has 1 aromatic heterocycles. The highest BCUT2D eigenvalue weighted by molar-refractivity contribution is 7.99. The molecule has 2 aliphatic heterocycles. The van der Waals surface area contributed by atoms with E-state index < -0.39 is 18.3 Å². The summed E-state index contributed by atoms with van der Waals surface area (Å²) in [6.45, 7) is 7.75. The van der Waals surface area contributed by atoms with Crippen molar-refractivity contribution in [1.82, 2.24) is 4.98 Å². The van der Waals surface area contributed by atoms with Gasteiger partial charge in [0.15, 0.2) is 0 Å². The fraction of sp³-hybridized carbons (Fsp3) is 0.588. The van der Waals surface area contributed by atoms with Crippen molar-refractivity contribution in [2.75, 3.05) is 11.5 Å². The maximum atomic E-state index is 15.4. The highest BCUT2D eigenvalue weighted by Crippen LogP contribution is 2.43. The number of nitrogens with zero attached hydrogens (tertiary/aromatic N) is 1. The van der Waals surface area contributed by atoms with E-state index in [0.717, 1.165) is 17.9 Å². The zero-order valence-electron chi connectivity index (χ0n) is 14.1. The van der Waals surface area contributed by atoms with E-state index in [1.807, 2.05) is 57.7 Å². The number of thioether (sulfide) groups is 1. The van der Waals surface area contributed by atoms with Crippen LogP contribution in [0.5, 0.6) is 0 Å². The topological polar surface area (TPSA) is 31.4 Å². The van der Waals surface area contributed by atoms with Crippen molar-refractivity contribution in [3.8, 4) is 0 Å². The molecule has 124 valence electrons. The number of aromatic nitrogens is 1. The average molecular weight is 335 g/mol. The Kier molecular flexibility index (Phi) is 4.60. The second-order valence-corrected chi connectivity index (χ2v) is 8.28. The molecule has 23 heavy (non-hydrogen) atoms. The van der Waals surface area contributed by atoms with Crippen LogP contribution >= 0.6 is 11.8 Å². The molecule has 0 N–H and O–H groups in total. The van der Waals surface area contributed by atoms with Crippen molar-refractivity contribution >= 4 is 24.5 Å². The fourth-order valence-corrected chi connectivity index (χ4v) is 4.12. The van der Waals surface area contributed by atoms with E-state index in [1.54, 1.807) is 6.20 Å². The monoisotopic (exact) mass is 335 g/mol. The zero-order chi connectivity index (χ0) is 16.7. The van der Waals surface area contributed by atoms with Crippen LogP contribution in [0.15, 0.2) is 30.1 Å². The molecule has 0 bridgehead atoms. The summed E-state index contributed by atoms with van der Waals surface area (Å²) >= 11 is 1.85. The lowest BCUT2D eigenvalue weighted by molar-refractivity contribution is 0.00578.